The summed E-state index contributed by atoms with van der Waals surface area (Å²) in [5.41, 5.74) is 1.04. The molecule has 0 unspecified atom stereocenters. The van der Waals surface area contributed by atoms with Crippen LogP contribution in [0.2, 0.25) is 0 Å². The minimum atomic E-state index is 0.0919. The van der Waals surface area contributed by atoms with E-state index in [1.165, 1.54) is 0 Å². The first kappa shape index (κ1) is 14.4. The van der Waals surface area contributed by atoms with Crippen LogP contribution in [0.15, 0.2) is 22.7 Å². The number of aryl methyl sites for hydroxylation is 1. The van der Waals surface area contributed by atoms with Crippen LogP contribution in [-0.4, -0.2) is 30.5 Å². The van der Waals surface area contributed by atoms with Gasteiger partial charge in [0.1, 0.15) is 5.75 Å². The summed E-state index contributed by atoms with van der Waals surface area (Å²) in [6.45, 7) is 6.08. The predicted octanol–water partition coefficient (Wildman–Crippen LogP) is 3.39. The summed E-state index contributed by atoms with van der Waals surface area (Å²) in [5, 5.41) is 0. The molecule has 0 atom stereocenters. The van der Waals surface area contributed by atoms with Crippen LogP contribution in [0.5, 0.6) is 5.75 Å². The third kappa shape index (κ3) is 3.96. The lowest BCUT2D eigenvalue weighted by molar-refractivity contribution is -0.134. The maximum absolute atomic E-state index is 12.0. The number of benzene rings is 1. The zero-order chi connectivity index (χ0) is 13.8. The van der Waals surface area contributed by atoms with Gasteiger partial charge >= 0.3 is 0 Å². The van der Waals surface area contributed by atoms with E-state index in [-0.39, 0.29) is 12.5 Å². The molecule has 2 rings (SSSR count). The monoisotopic (exact) mass is 325 g/mol. The summed E-state index contributed by atoms with van der Waals surface area (Å²) in [4.78, 5) is 14.0. The van der Waals surface area contributed by atoms with Crippen molar-refractivity contribution in [1.29, 1.82) is 0 Å². The molecule has 0 aliphatic carbocycles. The second-order valence-electron chi connectivity index (χ2n) is 5.26. The quantitative estimate of drug-likeness (QED) is 0.852. The van der Waals surface area contributed by atoms with Gasteiger partial charge in [0.25, 0.3) is 5.91 Å². The zero-order valence-electron chi connectivity index (χ0n) is 11.5. The van der Waals surface area contributed by atoms with E-state index in [4.69, 9.17) is 4.74 Å². The summed E-state index contributed by atoms with van der Waals surface area (Å²) in [6.07, 6.45) is 2.20. The van der Waals surface area contributed by atoms with Gasteiger partial charge in [0, 0.05) is 17.6 Å². The molecule has 0 aromatic heterocycles. The van der Waals surface area contributed by atoms with Gasteiger partial charge in [0.2, 0.25) is 0 Å². The molecule has 0 bridgehead atoms. The molecule has 1 aromatic carbocycles. The van der Waals surface area contributed by atoms with Crippen molar-refractivity contribution in [2.45, 2.75) is 26.7 Å². The van der Waals surface area contributed by atoms with Gasteiger partial charge in [-0.25, -0.2) is 0 Å². The molecular weight excluding hydrogens is 306 g/mol. The Hall–Kier alpha value is -1.03. The molecule has 1 fully saturated rings. The molecule has 19 heavy (non-hydrogen) atoms. The molecule has 3 nitrogen and oxygen atoms in total. The fourth-order valence-electron chi connectivity index (χ4n) is 2.26. The molecule has 4 heteroatoms. The van der Waals surface area contributed by atoms with E-state index in [1.807, 2.05) is 30.0 Å². The van der Waals surface area contributed by atoms with Gasteiger partial charge in [-0.05, 0) is 49.4 Å². The highest BCUT2D eigenvalue weighted by atomic mass is 79.9. The highest BCUT2D eigenvalue weighted by molar-refractivity contribution is 9.10. The zero-order valence-corrected chi connectivity index (χ0v) is 13.1. The average molecular weight is 326 g/mol. The molecule has 1 heterocycles. The summed E-state index contributed by atoms with van der Waals surface area (Å²) in [5.74, 6) is 1.61. The molecule has 104 valence electrons. The Morgan fingerprint density at radius 1 is 1.42 bits per heavy atom. The summed E-state index contributed by atoms with van der Waals surface area (Å²) in [6, 6.07) is 5.81. The first-order chi connectivity index (χ1) is 9.06. The number of halogens is 1. The van der Waals surface area contributed by atoms with Gasteiger partial charge in [-0.15, -0.1) is 0 Å². The molecular formula is C15H20BrNO2. The van der Waals surface area contributed by atoms with Crippen LogP contribution < -0.4 is 4.74 Å². The van der Waals surface area contributed by atoms with Gasteiger partial charge in [-0.2, -0.15) is 0 Å². The molecule has 1 aromatic rings. The van der Waals surface area contributed by atoms with Crippen molar-refractivity contribution in [2.75, 3.05) is 19.7 Å². The van der Waals surface area contributed by atoms with Crippen LogP contribution >= 0.6 is 15.9 Å². The van der Waals surface area contributed by atoms with Gasteiger partial charge in [0.15, 0.2) is 6.61 Å². The molecule has 1 amide bonds. The van der Waals surface area contributed by atoms with Crippen molar-refractivity contribution in [2.24, 2.45) is 5.92 Å². The lowest BCUT2D eigenvalue weighted by Gasteiger charge is -2.30. The maximum atomic E-state index is 12.0. The second-order valence-corrected chi connectivity index (χ2v) is 6.18. The number of ether oxygens (including phenoxy) is 1. The Kier molecular flexibility index (Phi) is 4.86. The fourth-order valence-corrected chi connectivity index (χ4v) is 2.74. The van der Waals surface area contributed by atoms with Crippen molar-refractivity contribution in [3.05, 3.63) is 28.2 Å². The van der Waals surface area contributed by atoms with E-state index in [0.717, 1.165) is 47.6 Å². The van der Waals surface area contributed by atoms with Crippen LogP contribution in [0.25, 0.3) is 0 Å². The van der Waals surface area contributed by atoms with E-state index in [2.05, 4.69) is 22.9 Å². The van der Waals surface area contributed by atoms with Crippen LogP contribution in [0.4, 0.5) is 0 Å². The normalized spacial score (nSPS) is 16.5. The third-order valence-electron chi connectivity index (χ3n) is 3.62. The second kappa shape index (κ2) is 6.42. The molecule has 0 N–H and O–H groups in total. The number of amides is 1. The van der Waals surface area contributed by atoms with Crippen molar-refractivity contribution in [3.8, 4) is 5.75 Å². The minimum absolute atomic E-state index is 0.0919. The molecule has 1 aliphatic heterocycles. The molecule has 1 saturated heterocycles. The Balaban J connectivity index is 1.86. The van der Waals surface area contributed by atoms with Gasteiger partial charge < -0.3 is 9.64 Å². The van der Waals surface area contributed by atoms with E-state index >= 15 is 0 Å². The van der Waals surface area contributed by atoms with Crippen LogP contribution in [-0.2, 0) is 4.79 Å². The number of rotatable bonds is 3. The highest BCUT2D eigenvalue weighted by Gasteiger charge is 2.20. The Morgan fingerprint density at radius 2 is 2.11 bits per heavy atom. The van der Waals surface area contributed by atoms with Crippen molar-refractivity contribution in [1.82, 2.24) is 4.90 Å². The van der Waals surface area contributed by atoms with E-state index < -0.39 is 0 Å². The first-order valence-electron chi connectivity index (χ1n) is 6.73. The topological polar surface area (TPSA) is 29.5 Å². The van der Waals surface area contributed by atoms with E-state index in [0.29, 0.717) is 0 Å². The lowest BCUT2D eigenvalue weighted by atomic mass is 9.99. The maximum Gasteiger partial charge on any atom is 0.260 e. The number of likely N-dealkylation sites (tertiary alicyclic amines) is 1. The molecule has 0 saturated carbocycles. The predicted molar refractivity (Wildman–Crippen MR) is 79.4 cm³/mol. The van der Waals surface area contributed by atoms with Crippen LogP contribution in [0.1, 0.15) is 25.3 Å². The van der Waals surface area contributed by atoms with E-state index in [9.17, 15) is 4.79 Å². The van der Waals surface area contributed by atoms with Gasteiger partial charge in [-0.1, -0.05) is 22.9 Å². The van der Waals surface area contributed by atoms with Gasteiger partial charge in [-0.3, -0.25) is 4.79 Å². The molecule has 0 radical (unpaired) electrons. The number of hydrogen-bond donors (Lipinski definition) is 0. The number of hydrogen-bond acceptors (Lipinski definition) is 2. The van der Waals surface area contributed by atoms with Gasteiger partial charge in [0.05, 0.1) is 0 Å². The molecule has 0 spiro atoms. The van der Waals surface area contributed by atoms with Crippen LogP contribution in [0.3, 0.4) is 0 Å². The standard InChI is InChI=1S/C15H20BrNO2/c1-11-5-7-17(8-6-11)15(18)10-19-14-4-3-13(16)9-12(14)2/h3-4,9,11H,5-8,10H2,1-2H3. The lowest BCUT2D eigenvalue weighted by Crippen LogP contribution is -2.40. The highest BCUT2D eigenvalue weighted by Crippen LogP contribution is 2.22. The summed E-state index contributed by atoms with van der Waals surface area (Å²) >= 11 is 3.41. The fraction of sp³-hybridized carbons (Fsp3) is 0.533. The first-order valence-corrected chi connectivity index (χ1v) is 7.52. The van der Waals surface area contributed by atoms with Crippen molar-refractivity contribution >= 4 is 21.8 Å². The summed E-state index contributed by atoms with van der Waals surface area (Å²) in [7, 11) is 0. The summed E-state index contributed by atoms with van der Waals surface area (Å²) < 4.78 is 6.64. The SMILES string of the molecule is Cc1cc(Br)ccc1OCC(=O)N1CCC(C)CC1. The van der Waals surface area contributed by atoms with E-state index in [1.54, 1.807) is 0 Å². The Labute approximate surface area is 123 Å². The number of piperidine rings is 1. The van der Waals surface area contributed by atoms with Crippen molar-refractivity contribution < 1.29 is 9.53 Å². The number of nitrogens with zero attached hydrogens (tertiary/aromatic N) is 1. The number of carbonyl (C=O) groups excluding carboxylic acids is 1. The molecule has 1 aliphatic rings. The minimum Gasteiger partial charge on any atom is -0.483 e. The third-order valence-corrected chi connectivity index (χ3v) is 4.12. The Morgan fingerprint density at radius 3 is 2.74 bits per heavy atom. The smallest absolute Gasteiger partial charge is 0.260 e. The van der Waals surface area contributed by atoms with Crippen molar-refractivity contribution in [3.63, 3.8) is 0 Å². The van der Waals surface area contributed by atoms with Crippen LogP contribution in [0, 0.1) is 12.8 Å². The number of carbonyl (C=O) groups is 1. The largest absolute Gasteiger partial charge is 0.483 e. The average Bonchev–Trinajstić information content (AvgIpc) is 2.38. The Bertz CT molecular complexity index is 453.